The lowest BCUT2D eigenvalue weighted by Crippen LogP contribution is -1.78. The molecule has 0 aliphatic rings. The predicted molar refractivity (Wildman–Crippen MR) is 87.2 cm³/mol. The molecule has 0 radical (unpaired) electrons. The molecule has 0 aliphatic heterocycles. The molecule has 1 aromatic rings. The topological polar surface area (TPSA) is 0 Å². The molecule has 0 N–H and O–H groups in total. The van der Waals surface area contributed by atoms with Gasteiger partial charge in [0.25, 0.3) is 0 Å². The fourth-order valence-electron chi connectivity index (χ4n) is 1.54. The molecular formula is C19H24. The second-order valence-corrected chi connectivity index (χ2v) is 5.21. The summed E-state index contributed by atoms with van der Waals surface area (Å²) >= 11 is 0. The van der Waals surface area contributed by atoms with Gasteiger partial charge in [0.15, 0.2) is 0 Å². The van der Waals surface area contributed by atoms with Crippen LogP contribution < -0.4 is 0 Å². The Morgan fingerprint density at radius 1 is 0.789 bits per heavy atom. The Morgan fingerprint density at radius 2 is 1.37 bits per heavy atom. The standard InChI is InChI=1S/C19H24/c1-15(2)9-12-18(5)17(4)7-6-8-19-13-10-16(3)11-14-19/h6-14H,1-5H3/b8-6+,17-7+,18-12+. The van der Waals surface area contributed by atoms with Gasteiger partial charge in [-0.25, -0.2) is 0 Å². The maximum Gasteiger partial charge on any atom is -0.0256 e. The van der Waals surface area contributed by atoms with E-state index in [4.69, 9.17) is 0 Å². The van der Waals surface area contributed by atoms with E-state index in [0.29, 0.717) is 0 Å². The molecule has 0 heteroatoms. The highest BCUT2D eigenvalue weighted by Gasteiger charge is 1.90. The minimum absolute atomic E-state index is 1.24. The molecule has 0 spiro atoms. The summed E-state index contributed by atoms with van der Waals surface area (Å²) in [6, 6.07) is 8.55. The van der Waals surface area contributed by atoms with Crippen molar-refractivity contribution in [2.24, 2.45) is 0 Å². The number of rotatable bonds is 4. The maximum absolute atomic E-state index is 2.17. The van der Waals surface area contributed by atoms with Gasteiger partial charge in [0.2, 0.25) is 0 Å². The van der Waals surface area contributed by atoms with E-state index in [9.17, 15) is 0 Å². The van der Waals surface area contributed by atoms with Crippen molar-refractivity contribution in [2.75, 3.05) is 0 Å². The smallest absolute Gasteiger partial charge is 0.0256 e. The van der Waals surface area contributed by atoms with Crippen LogP contribution in [0.15, 0.2) is 65.3 Å². The number of benzene rings is 1. The lowest BCUT2D eigenvalue weighted by Gasteiger charge is -1.99. The second kappa shape index (κ2) is 7.58. The number of aryl methyl sites for hydroxylation is 1. The van der Waals surface area contributed by atoms with E-state index in [-0.39, 0.29) is 0 Å². The third-order valence-corrected chi connectivity index (χ3v) is 3.00. The van der Waals surface area contributed by atoms with Gasteiger partial charge in [-0.15, -0.1) is 0 Å². The Labute approximate surface area is 117 Å². The molecule has 0 aromatic heterocycles. The summed E-state index contributed by atoms with van der Waals surface area (Å²) in [5.41, 5.74) is 6.45. The zero-order chi connectivity index (χ0) is 14.3. The normalized spacial score (nSPS) is 12.9. The van der Waals surface area contributed by atoms with Crippen molar-refractivity contribution in [1.29, 1.82) is 0 Å². The van der Waals surface area contributed by atoms with Crippen molar-refractivity contribution in [2.45, 2.75) is 34.6 Å². The SMILES string of the molecule is CC(C)=C/C=C(C)/C(C)=C/C=C/c1ccc(C)cc1. The van der Waals surface area contributed by atoms with Gasteiger partial charge in [-0.2, -0.15) is 0 Å². The maximum atomic E-state index is 2.17. The van der Waals surface area contributed by atoms with E-state index in [2.05, 4.69) is 89.3 Å². The Bertz CT molecular complexity index is 516. The van der Waals surface area contributed by atoms with E-state index in [0.717, 1.165) is 0 Å². The van der Waals surface area contributed by atoms with Gasteiger partial charge in [0.1, 0.15) is 0 Å². The van der Waals surface area contributed by atoms with Crippen LogP contribution in [0.4, 0.5) is 0 Å². The van der Waals surface area contributed by atoms with Crippen molar-refractivity contribution >= 4 is 6.08 Å². The van der Waals surface area contributed by atoms with Crippen LogP contribution in [0.25, 0.3) is 6.08 Å². The highest BCUT2D eigenvalue weighted by Crippen LogP contribution is 2.10. The summed E-state index contributed by atoms with van der Waals surface area (Å²) in [7, 11) is 0. The fraction of sp³-hybridized carbons (Fsp3) is 0.263. The van der Waals surface area contributed by atoms with Crippen LogP contribution in [0.2, 0.25) is 0 Å². The van der Waals surface area contributed by atoms with Crippen molar-refractivity contribution in [3.63, 3.8) is 0 Å². The van der Waals surface area contributed by atoms with Gasteiger partial charge in [0.05, 0.1) is 0 Å². The van der Waals surface area contributed by atoms with E-state index >= 15 is 0 Å². The van der Waals surface area contributed by atoms with Gasteiger partial charge in [-0.3, -0.25) is 0 Å². The highest BCUT2D eigenvalue weighted by atomic mass is 14.0. The van der Waals surface area contributed by atoms with Crippen LogP contribution in [0.1, 0.15) is 38.8 Å². The molecule has 0 atom stereocenters. The summed E-state index contributed by atoms with van der Waals surface area (Å²) in [4.78, 5) is 0. The number of hydrogen-bond acceptors (Lipinski definition) is 0. The van der Waals surface area contributed by atoms with Crippen molar-refractivity contribution in [3.8, 4) is 0 Å². The number of hydrogen-bond donors (Lipinski definition) is 0. The average Bonchev–Trinajstić information content (AvgIpc) is 2.38. The van der Waals surface area contributed by atoms with E-state index < -0.39 is 0 Å². The summed E-state index contributed by atoms with van der Waals surface area (Å²) in [5, 5.41) is 0. The first-order valence-corrected chi connectivity index (χ1v) is 6.73. The molecule has 0 bridgehead atoms. The van der Waals surface area contributed by atoms with Crippen molar-refractivity contribution in [1.82, 2.24) is 0 Å². The van der Waals surface area contributed by atoms with Gasteiger partial charge < -0.3 is 0 Å². The average molecular weight is 252 g/mol. The second-order valence-electron chi connectivity index (χ2n) is 5.21. The monoisotopic (exact) mass is 252 g/mol. The quantitative estimate of drug-likeness (QED) is 0.588. The lowest BCUT2D eigenvalue weighted by molar-refractivity contribution is 1.33. The van der Waals surface area contributed by atoms with Crippen LogP contribution in [-0.4, -0.2) is 0 Å². The van der Waals surface area contributed by atoms with E-state index in [1.807, 2.05) is 0 Å². The molecule has 0 saturated carbocycles. The third kappa shape index (κ3) is 6.05. The molecule has 1 aromatic carbocycles. The molecule has 0 unspecified atom stereocenters. The zero-order valence-electron chi connectivity index (χ0n) is 12.7. The number of allylic oxidation sites excluding steroid dienone is 7. The van der Waals surface area contributed by atoms with E-state index in [1.165, 1.54) is 27.8 Å². The van der Waals surface area contributed by atoms with Gasteiger partial charge in [0, 0.05) is 0 Å². The molecule has 0 aliphatic carbocycles. The van der Waals surface area contributed by atoms with Crippen LogP contribution in [-0.2, 0) is 0 Å². The fourth-order valence-corrected chi connectivity index (χ4v) is 1.54. The molecule has 19 heavy (non-hydrogen) atoms. The van der Waals surface area contributed by atoms with E-state index in [1.54, 1.807) is 0 Å². The summed E-state index contributed by atoms with van der Waals surface area (Å²) < 4.78 is 0. The highest BCUT2D eigenvalue weighted by molar-refractivity contribution is 5.52. The minimum atomic E-state index is 1.24. The molecule has 1 rings (SSSR count). The van der Waals surface area contributed by atoms with Crippen molar-refractivity contribution < 1.29 is 0 Å². The molecule has 0 saturated heterocycles. The molecule has 0 heterocycles. The molecule has 0 amide bonds. The first-order valence-electron chi connectivity index (χ1n) is 6.73. The van der Waals surface area contributed by atoms with Crippen LogP contribution in [0.3, 0.4) is 0 Å². The minimum Gasteiger partial charge on any atom is -0.0764 e. The Balaban J connectivity index is 2.72. The van der Waals surface area contributed by atoms with Gasteiger partial charge in [-0.05, 0) is 51.3 Å². The molecule has 0 nitrogen and oxygen atoms in total. The Hall–Kier alpha value is -1.82. The van der Waals surface area contributed by atoms with Crippen LogP contribution >= 0.6 is 0 Å². The summed E-state index contributed by atoms with van der Waals surface area (Å²) in [6.07, 6.45) is 10.7. The third-order valence-electron chi connectivity index (χ3n) is 3.00. The van der Waals surface area contributed by atoms with Crippen LogP contribution in [0.5, 0.6) is 0 Å². The van der Waals surface area contributed by atoms with Gasteiger partial charge >= 0.3 is 0 Å². The zero-order valence-corrected chi connectivity index (χ0v) is 12.7. The first-order chi connectivity index (χ1) is 8.99. The van der Waals surface area contributed by atoms with Crippen molar-refractivity contribution in [3.05, 3.63) is 76.4 Å². The van der Waals surface area contributed by atoms with Crippen LogP contribution in [0, 0.1) is 6.92 Å². The molecule has 0 fully saturated rings. The summed E-state index contributed by atoms with van der Waals surface area (Å²) in [6.45, 7) is 10.6. The molecular weight excluding hydrogens is 228 g/mol. The first kappa shape index (κ1) is 15.2. The Morgan fingerprint density at radius 3 is 1.95 bits per heavy atom. The Kier molecular flexibility index (Phi) is 6.08. The largest absolute Gasteiger partial charge is 0.0764 e. The lowest BCUT2D eigenvalue weighted by atomic mass is 10.1. The predicted octanol–water partition coefficient (Wildman–Crippen LogP) is 5.87. The van der Waals surface area contributed by atoms with Gasteiger partial charge in [-0.1, -0.05) is 65.8 Å². The molecule has 100 valence electrons. The summed E-state index contributed by atoms with van der Waals surface area (Å²) in [5.74, 6) is 0.